The van der Waals surface area contributed by atoms with Crippen LogP contribution < -0.4 is 0 Å². The Labute approximate surface area is 136 Å². The third kappa shape index (κ3) is 2.78. The van der Waals surface area contributed by atoms with Crippen LogP contribution in [0.15, 0.2) is 41.0 Å². The van der Waals surface area contributed by atoms with Gasteiger partial charge >= 0.3 is 0 Å². The van der Waals surface area contributed by atoms with Crippen molar-refractivity contribution in [2.24, 2.45) is 0 Å². The summed E-state index contributed by atoms with van der Waals surface area (Å²) in [6.07, 6.45) is 1.77. The van der Waals surface area contributed by atoms with Gasteiger partial charge in [-0.05, 0) is 30.2 Å². The zero-order chi connectivity index (χ0) is 15.0. The molecule has 3 aromatic rings. The normalized spacial score (nSPS) is 11.3. The molecule has 2 aromatic heterocycles. The summed E-state index contributed by atoms with van der Waals surface area (Å²) < 4.78 is 1.00. The molecule has 0 N–H and O–H groups in total. The Bertz CT molecular complexity index is 818. The Kier molecular flexibility index (Phi) is 3.91. The van der Waals surface area contributed by atoms with E-state index < -0.39 is 0 Å². The smallest absolute Gasteiger partial charge is 0.163 e. The maximum Gasteiger partial charge on any atom is 0.163 e. The molecular weight excluding hydrogens is 350 g/mol. The van der Waals surface area contributed by atoms with Crippen LogP contribution in [0.4, 0.5) is 0 Å². The maximum atomic E-state index is 6.15. The lowest BCUT2D eigenvalue weighted by Crippen LogP contribution is -1.99. The zero-order valence-electron chi connectivity index (χ0n) is 11.6. The minimum atomic E-state index is 0.291. The molecule has 0 aliphatic heterocycles. The fraction of sp³-hybridized carbons (Fsp3) is 0.188. The molecule has 0 atom stereocenters. The van der Waals surface area contributed by atoms with Crippen molar-refractivity contribution in [1.29, 1.82) is 0 Å². The second kappa shape index (κ2) is 5.70. The topological polar surface area (TPSA) is 38.7 Å². The number of benzene rings is 1. The van der Waals surface area contributed by atoms with Crippen molar-refractivity contribution in [3.63, 3.8) is 0 Å². The first-order chi connectivity index (χ1) is 10.1. The first-order valence-electron chi connectivity index (χ1n) is 6.64. The van der Waals surface area contributed by atoms with Gasteiger partial charge in [-0.15, -0.1) is 0 Å². The summed E-state index contributed by atoms with van der Waals surface area (Å²) >= 11 is 9.69. The first-order valence-corrected chi connectivity index (χ1v) is 7.81. The van der Waals surface area contributed by atoms with Gasteiger partial charge in [-0.3, -0.25) is 4.98 Å². The second-order valence-electron chi connectivity index (χ2n) is 5.09. The van der Waals surface area contributed by atoms with E-state index in [0.29, 0.717) is 16.9 Å². The minimum absolute atomic E-state index is 0.291. The van der Waals surface area contributed by atoms with E-state index in [9.17, 15) is 0 Å². The maximum absolute atomic E-state index is 6.15. The van der Waals surface area contributed by atoms with Crippen LogP contribution in [-0.2, 0) is 0 Å². The van der Waals surface area contributed by atoms with Crippen molar-refractivity contribution in [2.45, 2.75) is 19.8 Å². The van der Waals surface area contributed by atoms with Crippen molar-refractivity contribution in [2.75, 3.05) is 0 Å². The Morgan fingerprint density at radius 1 is 1.14 bits per heavy atom. The Balaban J connectivity index is 2.28. The lowest BCUT2D eigenvalue weighted by molar-refractivity contribution is 0.817. The monoisotopic (exact) mass is 361 g/mol. The summed E-state index contributed by atoms with van der Waals surface area (Å²) in [4.78, 5) is 13.5. The summed E-state index contributed by atoms with van der Waals surface area (Å²) in [5.74, 6) is 0.904. The number of hydrogen-bond acceptors (Lipinski definition) is 3. The molecule has 0 saturated heterocycles. The van der Waals surface area contributed by atoms with Gasteiger partial charge in [-0.2, -0.15) is 0 Å². The van der Waals surface area contributed by atoms with Crippen molar-refractivity contribution < 1.29 is 0 Å². The highest BCUT2D eigenvalue weighted by Gasteiger charge is 2.13. The molecule has 21 heavy (non-hydrogen) atoms. The van der Waals surface area contributed by atoms with Gasteiger partial charge in [0.05, 0.1) is 5.52 Å². The van der Waals surface area contributed by atoms with Crippen molar-refractivity contribution in [3.05, 3.63) is 51.8 Å². The van der Waals surface area contributed by atoms with E-state index >= 15 is 0 Å². The molecule has 5 heteroatoms. The summed E-state index contributed by atoms with van der Waals surface area (Å²) in [7, 11) is 0. The van der Waals surface area contributed by atoms with Crippen molar-refractivity contribution in [3.8, 4) is 11.4 Å². The van der Waals surface area contributed by atoms with Gasteiger partial charge in [0, 0.05) is 27.3 Å². The van der Waals surface area contributed by atoms with E-state index in [4.69, 9.17) is 11.6 Å². The summed E-state index contributed by atoms with van der Waals surface area (Å²) in [5, 5.41) is 1.49. The van der Waals surface area contributed by atoms with Gasteiger partial charge < -0.3 is 0 Å². The SMILES string of the molecule is CC(C)c1cc(Cl)nc(-c2ccc(Br)c3cccnc23)n1. The van der Waals surface area contributed by atoms with Gasteiger partial charge in [0.25, 0.3) is 0 Å². The summed E-state index contributed by atoms with van der Waals surface area (Å²) in [6.45, 7) is 4.17. The van der Waals surface area contributed by atoms with Crippen LogP contribution in [0.25, 0.3) is 22.3 Å². The van der Waals surface area contributed by atoms with Crippen molar-refractivity contribution in [1.82, 2.24) is 15.0 Å². The molecule has 106 valence electrons. The largest absolute Gasteiger partial charge is 0.255 e. The number of hydrogen-bond donors (Lipinski definition) is 0. The Hall–Kier alpha value is -1.52. The summed E-state index contributed by atoms with van der Waals surface area (Å²) in [6, 6.07) is 9.69. The fourth-order valence-corrected chi connectivity index (χ4v) is 2.81. The van der Waals surface area contributed by atoms with Gasteiger partial charge in [-0.25, -0.2) is 9.97 Å². The van der Waals surface area contributed by atoms with E-state index in [-0.39, 0.29) is 0 Å². The molecule has 0 unspecified atom stereocenters. The standard InChI is InChI=1S/C16H13BrClN3/c1-9(2)13-8-14(18)21-16(20-13)11-5-6-12(17)10-4-3-7-19-15(10)11/h3-9H,1-2H3. The van der Waals surface area contributed by atoms with Gasteiger partial charge in [-0.1, -0.05) is 47.4 Å². The van der Waals surface area contributed by atoms with E-state index in [1.54, 1.807) is 6.20 Å². The predicted octanol–water partition coefficient (Wildman–Crippen LogP) is 5.23. The van der Waals surface area contributed by atoms with Crippen LogP contribution in [0.5, 0.6) is 0 Å². The van der Waals surface area contributed by atoms with Gasteiger partial charge in [0.15, 0.2) is 5.82 Å². The quantitative estimate of drug-likeness (QED) is 0.586. The molecule has 0 aliphatic carbocycles. The molecular formula is C16H13BrClN3. The average molecular weight is 363 g/mol. The number of aromatic nitrogens is 3. The van der Waals surface area contributed by atoms with Crippen molar-refractivity contribution >= 4 is 38.4 Å². The van der Waals surface area contributed by atoms with Crippen LogP contribution in [-0.4, -0.2) is 15.0 Å². The number of nitrogens with zero attached hydrogens (tertiary/aromatic N) is 3. The molecule has 0 bridgehead atoms. The van der Waals surface area contributed by atoms with Crippen LogP contribution in [0.1, 0.15) is 25.5 Å². The van der Waals surface area contributed by atoms with Crippen LogP contribution in [0, 0.1) is 0 Å². The highest BCUT2D eigenvalue weighted by Crippen LogP contribution is 2.31. The lowest BCUT2D eigenvalue weighted by atomic mass is 10.1. The van der Waals surface area contributed by atoms with Crippen LogP contribution in [0.2, 0.25) is 5.15 Å². The predicted molar refractivity (Wildman–Crippen MR) is 89.6 cm³/mol. The minimum Gasteiger partial charge on any atom is -0.255 e. The second-order valence-corrected chi connectivity index (χ2v) is 6.33. The Morgan fingerprint density at radius 2 is 1.95 bits per heavy atom. The van der Waals surface area contributed by atoms with Crippen LogP contribution >= 0.6 is 27.5 Å². The van der Waals surface area contributed by atoms with Crippen LogP contribution in [0.3, 0.4) is 0 Å². The van der Waals surface area contributed by atoms with E-state index in [1.165, 1.54) is 0 Å². The third-order valence-electron chi connectivity index (χ3n) is 3.26. The van der Waals surface area contributed by atoms with E-state index in [2.05, 4.69) is 44.7 Å². The molecule has 0 amide bonds. The average Bonchev–Trinajstić information content (AvgIpc) is 2.47. The number of fused-ring (bicyclic) bond motifs is 1. The Morgan fingerprint density at radius 3 is 2.71 bits per heavy atom. The fourth-order valence-electron chi connectivity index (χ4n) is 2.17. The highest BCUT2D eigenvalue weighted by atomic mass is 79.9. The number of rotatable bonds is 2. The molecule has 0 fully saturated rings. The third-order valence-corrected chi connectivity index (χ3v) is 4.15. The lowest BCUT2D eigenvalue weighted by Gasteiger charge is -2.10. The first kappa shape index (κ1) is 14.4. The molecule has 0 spiro atoms. The number of pyridine rings is 1. The highest BCUT2D eigenvalue weighted by molar-refractivity contribution is 9.10. The zero-order valence-corrected chi connectivity index (χ0v) is 14.0. The molecule has 2 heterocycles. The molecule has 1 aromatic carbocycles. The van der Waals surface area contributed by atoms with E-state index in [0.717, 1.165) is 26.6 Å². The molecule has 3 nitrogen and oxygen atoms in total. The molecule has 0 aliphatic rings. The number of halogens is 2. The molecule has 0 radical (unpaired) electrons. The summed E-state index contributed by atoms with van der Waals surface area (Å²) in [5.41, 5.74) is 2.68. The van der Waals surface area contributed by atoms with E-state index in [1.807, 2.05) is 30.3 Å². The van der Waals surface area contributed by atoms with Gasteiger partial charge in [0.2, 0.25) is 0 Å². The molecule has 0 saturated carbocycles. The van der Waals surface area contributed by atoms with Gasteiger partial charge in [0.1, 0.15) is 5.15 Å². The molecule has 3 rings (SSSR count).